The Hall–Kier alpha value is -2.41. The van der Waals surface area contributed by atoms with E-state index in [1.54, 1.807) is 25.2 Å². The van der Waals surface area contributed by atoms with Gasteiger partial charge in [0.25, 0.3) is 0 Å². The van der Waals surface area contributed by atoms with Gasteiger partial charge < -0.3 is 0 Å². The summed E-state index contributed by atoms with van der Waals surface area (Å²) in [5.41, 5.74) is 18.2. The van der Waals surface area contributed by atoms with Crippen molar-refractivity contribution in [2.24, 2.45) is 5.92 Å². The number of rotatable bonds is 4. The third-order valence-electron chi connectivity index (χ3n) is 11.1. The molecule has 0 aromatic heterocycles. The molecule has 7 rings (SSSR count). The molecule has 0 heterocycles. The fraction of sp³-hybridized carbons (Fsp3) is 0.357. The number of hydrogen-bond acceptors (Lipinski definition) is 0. The Morgan fingerprint density at radius 3 is 2.00 bits per heavy atom. The monoisotopic (exact) mass is 670 g/mol. The molecule has 44 heavy (non-hydrogen) atoms. The Balaban J connectivity index is 1.42. The van der Waals surface area contributed by atoms with Crippen molar-refractivity contribution in [2.45, 2.75) is 92.3 Å². The van der Waals surface area contributed by atoms with Crippen molar-refractivity contribution in [1.29, 1.82) is 0 Å². The van der Waals surface area contributed by atoms with Crippen LogP contribution < -0.4 is 0 Å². The van der Waals surface area contributed by atoms with Crippen LogP contribution in [0.5, 0.6) is 0 Å². The quantitative estimate of drug-likeness (QED) is 0.189. The summed E-state index contributed by atoms with van der Waals surface area (Å²) < 4.78 is 6.36. The summed E-state index contributed by atoms with van der Waals surface area (Å²) in [5, 5.41) is 1.70. The van der Waals surface area contributed by atoms with Crippen molar-refractivity contribution in [3.63, 3.8) is 0 Å². The van der Waals surface area contributed by atoms with Crippen LogP contribution in [0.1, 0.15) is 94.3 Å². The number of fused-ring (bicyclic) bond motifs is 5. The normalized spacial score (nSPS) is 21.3. The van der Waals surface area contributed by atoms with Gasteiger partial charge in [0.2, 0.25) is 0 Å². The maximum absolute atomic E-state index is 2.77. The summed E-state index contributed by atoms with van der Waals surface area (Å²) in [6, 6.07) is 21.5. The molecule has 0 N–H and O–H groups in total. The van der Waals surface area contributed by atoms with Crippen LogP contribution in [-0.2, 0) is 38.5 Å². The summed E-state index contributed by atoms with van der Waals surface area (Å²) >= 11 is -2.50. The molecule has 0 fully saturated rings. The van der Waals surface area contributed by atoms with Gasteiger partial charge in [0, 0.05) is 0 Å². The molecule has 0 saturated carbocycles. The van der Waals surface area contributed by atoms with Crippen LogP contribution in [-0.4, -0.2) is 11.8 Å². The summed E-state index contributed by atoms with van der Waals surface area (Å²) in [6.07, 6.45) is 6.16. The van der Waals surface area contributed by atoms with Crippen LogP contribution in [0.15, 0.2) is 84.1 Å². The van der Waals surface area contributed by atoms with Gasteiger partial charge in [0.1, 0.15) is 0 Å². The van der Waals surface area contributed by atoms with E-state index in [9.17, 15) is 0 Å². The zero-order valence-corrected chi connectivity index (χ0v) is 32.2. The third kappa shape index (κ3) is 4.49. The molecular formula is C42H48SiZr. The molecule has 3 aromatic rings. The van der Waals surface area contributed by atoms with Gasteiger partial charge in [-0.15, -0.1) is 0 Å². The minimum atomic E-state index is -2.50. The average Bonchev–Trinajstić information content (AvgIpc) is 3.58. The minimum absolute atomic E-state index is 0.0290. The maximum atomic E-state index is 2.77. The number of hydrogen-bond donors (Lipinski definition) is 0. The molecule has 0 saturated heterocycles. The van der Waals surface area contributed by atoms with E-state index in [2.05, 4.69) is 145 Å². The molecule has 3 aromatic carbocycles. The van der Waals surface area contributed by atoms with Gasteiger partial charge in [-0.3, -0.25) is 0 Å². The first-order valence-electron chi connectivity index (χ1n) is 16.6. The Morgan fingerprint density at radius 1 is 0.773 bits per heavy atom. The van der Waals surface area contributed by atoms with E-state index in [4.69, 9.17) is 0 Å². The van der Waals surface area contributed by atoms with Gasteiger partial charge in [0.05, 0.1) is 0 Å². The predicted octanol–water partition coefficient (Wildman–Crippen LogP) is 11.2. The number of allylic oxidation sites excluding steroid dienone is 8. The van der Waals surface area contributed by atoms with E-state index in [-0.39, 0.29) is 10.8 Å². The van der Waals surface area contributed by atoms with Crippen LogP contribution in [0.25, 0.3) is 22.3 Å². The molecule has 0 bridgehead atoms. The summed E-state index contributed by atoms with van der Waals surface area (Å²) in [4.78, 5) is 0. The van der Waals surface area contributed by atoms with E-state index >= 15 is 0 Å². The van der Waals surface area contributed by atoms with E-state index in [0.717, 1.165) is 6.42 Å². The molecule has 1 atom stereocenters. The van der Waals surface area contributed by atoms with Crippen LogP contribution in [0.4, 0.5) is 0 Å². The molecule has 4 aliphatic rings. The molecule has 2 heteroatoms. The van der Waals surface area contributed by atoms with Gasteiger partial charge in [-0.1, -0.05) is 0 Å². The van der Waals surface area contributed by atoms with Crippen molar-refractivity contribution < 1.29 is 21.3 Å². The van der Waals surface area contributed by atoms with Gasteiger partial charge in [-0.2, -0.15) is 0 Å². The van der Waals surface area contributed by atoms with Crippen molar-refractivity contribution in [1.82, 2.24) is 0 Å². The van der Waals surface area contributed by atoms with Gasteiger partial charge in [-0.25, -0.2) is 0 Å². The SMILES string of the molecule is CC1=CC(C)(C)c2cc3c(cc21)-c1cc2c(cc1C3)C(C)(C)[C]([Zr](=[CH]c1ccccc1)[C]1=C(C)C([Si](C)(C)C)=CC1C)=C2C. The first-order chi connectivity index (χ1) is 20.6. The summed E-state index contributed by atoms with van der Waals surface area (Å²) in [6.45, 7) is 27.1. The molecule has 0 spiro atoms. The Labute approximate surface area is 274 Å². The molecule has 4 aliphatic carbocycles. The van der Waals surface area contributed by atoms with Crippen LogP contribution in [0.3, 0.4) is 0 Å². The fourth-order valence-electron chi connectivity index (χ4n) is 9.15. The first-order valence-corrected chi connectivity index (χ1v) is 23.9. The Bertz CT molecular complexity index is 1930. The second kappa shape index (κ2) is 10.0. The van der Waals surface area contributed by atoms with Crippen LogP contribution >= 0.6 is 0 Å². The fourth-order valence-corrected chi connectivity index (χ4v) is 20.2. The van der Waals surface area contributed by atoms with Crippen molar-refractivity contribution in [3.05, 3.63) is 123 Å². The van der Waals surface area contributed by atoms with Gasteiger partial charge >= 0.3 is 277 Å². The van der Waals surface area contributed by atoms with Crippen molar-refractivity contribution in [3.8, 4) is 11.1 Å². The Kier molecular flexibility index (Phi) is 6.91. The summed E-state index contributed by atoms with van der Waals surface area (Å²) in [5.74, 6) is 0.533. The van der Waals surface area contributed by atoms with E-state index in [1.165, 1.54) is 50.1 Å². The van der Waals surface area contributed by atoms with E-state index < -0.39 is 29.3 Å². The molecule has 0 amide bonds. The molecule has 1 unspecified atom stereocenters. The zero-order valence-electron chi connectivity index (χ0n) is 28.7. The predicted molar refractivity (Wildman–Crippen MR) is 192 cm³/mol. The molecule has 0 radical (unpaired) electrons. The average molecular weight is 672 g/mol. The molecule has 0 aliphatic heterocycles. The Morgan fingerprint density at radius 2 is 1.39 bits per heavy atom. The topological polar surface area (TPSA) is 0 Å². The summed E-state index contributed by atoms with van der Waals surface area (Å²) in [7, 11) is -1.43. The molecule has 224 valence electrons. The van der Waals surface area contributed by atoms with Crippen molar-refractivity contribution >= 4 is 22.9 Å². The molecule has 0 nitrogen and oxygen atoms in total. The second-order valence-electron chi connectivity index (χ2n) is 16.1. The second-order valence-corrected chi connectivity index (χ2v) is 26.4. The van der Waals surface area contributed by atoms with Crippen molar-refractivity contribution in [2.75, 3.05) is 0 Å². The zero-order chi connectivity index (χ0) is 31.5. The standard InChI is InChI=1S/C25H25.C10H17Si.C7H6.Zr/c1-14-12-24(3,4)22-8-16-7-17-9-23-19(15(2)13-25(23,5)6)11-21(17)20(16)10-18(14)22;1-8-6-9(2)10(7-8)11(3,4)5;1-7-5-3-2-4-6-7;/h8-12H,7H2,1-6H3;7-8H,1-5H3;1-6H;. The van der Waals surface area contributed by atoms with Gasteiger partial charge in [0.15, 0.2) is 0 Å². The number of benzene rings is 3. The van der Waals surface area contributed by atoms with E-state index in [1.807, 2.05) is 3.28 Å². The van der Waals surface area contributed by atoms with E-state index in [0.29, 0.717) is 5.92 Å². The van der Waals surface area contributed by atoms with Crippen LogP contribution in [0.2, 0.25) is 19.6 Å². The third-order valence-corrected chi connectivity index (χ3v) is 22.0. The first kappa shape index (κ1) is 30.3. The van der Waals surface area contributed by atoms with Gasteiger partial charge in [-0.05, 0) is 0 Å². The van der Waals surface area contributed by atoms with Crippen LogP contribution in [0, 0.1) is 5.92 Å². The molecular weight excluding hydrogens is 624 g/mol.